The Morgan fingerprint density at radius 2 is 2.29 bits per heavy atom. The third-order valence-corrected chi connectivity index (χ3v) is 5.30. The highest BCUT2D eigenvalue weighted by Crippen LogP contribution is 2.22. The Morgan fingerprint density at radius 3 is 2.88 bits per heavy atom. The van der Waals surface area contributed by atoms with Gasteiger partial charge < -0.3 is 4.42 Å². The molecule has 1 aliphatic heterocycles. The van der Waals surface area contributed by atoms with Gasteiger partial charge in [0.15, 0.2) is 21.5 Å². The van der Waals surface area contributed by atoms with Crippen molar-refractivity contribution in [2.45, 2.75) is 37.9 Å². The van der Waals surface area contributed by atoms with Crippen molar-refractivity contribution < 1.29 is 17.6 Å². The van der Waals surface area contributed by atoms with E-state index in [1.165, 1.54) is 13.2 Å². The first-order valence-electron chi connectivity index (χ1n) is 5.66. The van der Waals surface area contributed by atoms with Gasteiger partial charge in [0, 0.05) is 13.3 Å². The van der Waals surface area contributed by atoms with Crippen LogP contribution in [-0.2, 0) is 16.3 Å². The molecule has 1 aromatic heterocycles. The SMILES string of the molecule is CC(=O)c1coc(CC2CCCCS2(=O)=O)n1. The molecule has 1 saturated heterocycles. The molecule has 0 aromatic carbocycles. The van der Waals surface area contributed by atoms with Crippen LogP contribution in [-0.4, -0.2) is 30.2 Å². The molecule has 0 N–H and O–H groups in total. The van der Waals surface area contributed by atoms with E-state index in [1.807, 2.05) is 0 Å². The lowest BCUT2D eigenvalue weighted by molar-refractivity contribution is 0.101. The molecule has 94 valence electrons. The minimum atomic E-state index is -3.02. The van der Waals surface area contributed by atoms with Crippen LogP contribution in [0.3, 0.4) is 0 Å². The topological polar surface area (TPSA) is 77.2 Å². The van der Waals surface area contributed by atoms with E-state index >= 15 is 0 Å². The molecule has 6 heteroatoms. The van der Waals surface area contributed by atoms with Crippen LogP contribution in [0.25, 0.3) is 0 Å². The quantitative estimate of drug-likeness (QED) is 0.765. The molecule has 0 bridgehead atoms. The summed E-state index contributed by atoms with van der Waals surface area (Å²) in [6, 6.07) is 0. The number of aromatic nitrogens is 1. The zero-order chi connectivity index (χ0) is 12.5. The number of hydrogen-bond donors (Lipinski definition) is 0. The Balaban J connectivity index is 2.11. The average Bonchev–Trinajstić information content (AvgIpc) is 2.70. The molecule has 1 atom stereocenters. The minimum absolute atomic E-state index is 0.175. The molecule has 0 aliphatic carbocycles. The minimum Gasteiger partial charge on any atom is -0.448 e. The van der Waals surface area contributed by atoms with Gasteiger partial charge in [-0.05, 0) is 12.8 Å². The fourth-order valence-corrected chi connectivity index (χ4v) is 3.87. The lowest BCUT2D eigenvalue weighted by Crippen LogP contribution is -2.30. The number of nitrogens with zero attached hydrogens (tertiary/aromatic N) is 1. The zero-order valence-electron chi connectivity index (χ0n) is 9.68. The standard InChI is InChI=1S/C11H15NO4S/c1-8(13)10-7-16-11(12-10)6-9-4-2-3-5-17(9,14)15/h7,9H,2-6H2,1H3. The van der Waals surface area contributed by atoms with Crippen LogP contribution in [0, 0.1) is 0 Å². The number of oxazole rings is 1. The third kappa shape index (κ3) is 2.74. The Kier molecular flexibility index (Phi) is 3.33. The summed E-state index contributed by atoms with van der Waals surface area (Å²) < 4.78 is 28.7. The van der Waals surface area contributed by atoms with Gasteiger partial charge in [-0.15, -0.1) is 0 Å². The molecule has 0 saturated carbocycles. The van der Waals surface area contributed by atoms with E-state index in [1.54, 1.807) is 0 Å². The van der Waals surface area contributed by atoms with Gasteiger partial charge in [0.25, 0.3) is 0 Å². The van der Waals surface area contributed by atoms with Crippen molar-refractivity contribution in [2.24, 2.45) is 0 Å². The van der Waals surface area contributed by atoms with Crippen LogP contribution < -0.4 is 0 Å². The van der Waals surface area contributed by atoms with Crippen LogP contribution in [0.2, 0.25) is 0 Å². The van der Waals surface area contributed by atoms with E-state index in [4.69, 9.17) is 4.42 Å². The average molecular weight is 257 g/mol. The van der Waals surface area contributed by atoms with Gasteiger partial charge in [-0.1, -0.05) is 6.42 Å². The number of Topliss-reactive ketones (excluding diaryl/α,β-unsaturated/α-hetero) is 1. The molecule has 1 unspecified atom stereocenters. The second-order valence-electron chi connectivity index (χ2n) is 4.37. The fraction of sp³-hybridized carbons (Fsp3) is 0.636. The van der Waals surface area contributed by atoms with E-state index in [9.17, 15) is 13.2 Å². The van der Waals surface area contributed by atoms with Gasteiger partial charge in [0.05, 0.1) is 11.0 Å². The molecule has 1 aliphatic rings. The van der Waals surface area contributed by atoms with Crippen molar-refractivity contribution in [3.8, 4) is 0 Å². The molecule has 1 aromatic rings. The van der Waals surface area contributed by atoms with E-state index < -0.39 is 15.1 Å². The van der Waals surface area contributed by atoms with Crippen molar-refractivity contribution in [1.29, 1.82) is 0 Å². The maximum absolute atomic E-state index is 11.8. The molecule has 17 heavy (non-hydrogen) atoms. The van der Waals surface area contributed by atoms with Crippen LogP contribution in [0.5, 0.6) is 0 Å². The Bertz CT molecular complexity index is 517. The summed E-state index contributed by atoms with van der Waals surface area (Å²) in [4.78, 5) is 15.0. The zero-order valence-corrected chi connectivity index (χ0v) is 10.5. The van der Waals surface area contributed by atoms with E-state index in [0.29, 0.717) is 12.3 Å². The van der Waals surface area contributed by atoms with E-state index in [-0.39, 0.29) is 23.7 Å². The largest absolute Gasteiger partial charge is 0.448 e. The first-order chi connectivity index (χ1) is 7.99. The summed E-state index contributed by atoms with van der Waals surface area (Å²) in [7, 11) is -3.02. The van der Waals surface area contributed by atoms with Crippen LogP contribution in [0.15, 0.2) is 10.7 Å². The summed E-state index contributed by atoms with van der Waals surface area (Å²) in [6.07, 6.45) is 3.87. The predicted molar refractivity (Wildman–Crippen MR) is 61.6 cm³/mol. The fourth-order valence-electron chi connectivity index (χ4n) is 2.01. The first-order valence-corrected chi connectivity index (χ1v) is 7.37. The molecule has 2 heterocycles. The highest BCUT2D eigenvalue weighted by molar-refractivity contribution is 7.92. The summed E-state index contributed by atoms with van der Waals surface area (Å²) >= 11 is 0. The number of rotatable bonds is 3. The van der Waals surface area contributed by atoms with Gasteiger partial charge in [-0.3, -0.25) is 4.79 Å². The Hall–Kier alpha value is -1.17. The molecule has 2 rings (SSSR count). The number of ketones is 1. The molecule has 0 amide bonds. The van der Waals surface area contributed by atoms with Crippen molar-refractivity contribution in [3.05, 3.63) is 17.8 Å². The maximum atomic E-state index is 11.8. The molecular formula is C11H15NO4S. The van der Waals surface area contributed by atoms with Gasteiger partial charge in [-0.2, -0.15) is 0 Å². The smallest absolute Gasteiger partial charge is 0.195 e. The van der Waals surface area contributed by atoms with E-state index in [0.717, 1.165) is 12.8 Å². The summed E-state index contributed by atoms with van der Waals surface area (Å²) in [5.74, 6) is 0.412. The Morgan fingerprint density at radius 1 is 1.53 bits per heavy atom. The maximum Gasteiger partial charge on any atom is 0.195 e. The third-order valence-electron chi connectivity index (χ3n) is 3.03. The van der Waals surface area contributed by atoms with Crippen LogP contribution >= 0.6 is 0 Å². The number of hydrogen-bond acceptors (Lipinski definition) is 5. The first kappa shape index (κ1) is 12.3. The highest BCUT2D eigenvalue weighted by Gasteiger charge is 2.30. The lowest BCUT2D eigenvalue weighted by Gasteiger charge is -2.20. The van der Waals surface area contributed by atoms with Gasteiger partial charge in [-0.25, -0.2) is 13.4 Å². The lowest BCUT2D eigenvalue weighted by atomic mass is 10.1. The number of carbonyl (C=O) groups excluding carboxylic acids is 1. The van der Waals surface area contributed by atoms with Crippen molar-refractivity contribution in [2.75, 3.05) is 5.75 Å². The van der Waals surface area contributed by atoms with Gasteiger partial charge >= 0.3 is 0 Å². The predicted octanol–water partition coefficient (Wildman–Crippen LogP) is 1.39. The van der Waals surface area contributed by atoms with Crippen molar-refractivity contribution in [3.63, 3.8) is 0 Å². The van der Waals surface area contributed by atoms with Crippen molar-refractivity contribution >= 4 is 15.6 Å². The van der Waals surface area contributed by atoms with Crippen LogP contribution in [0.4, 0.5) is 0 Å². The summed E-state index contributed by atoms with van der Waals surface area (Å²) in [6.45, 7) is 1.40. The van der Waals surface area contributed by atoms with Gasteiger partial charge in [0.2, 0.25) is 0 Å². The number of carbonyl (C=O) groups is 1. The van der Waals surface area contributed by atoms with Crippen molar-refractivity contribution in [1.82, 2.24) is 4.98 Å². The second kappa shape index (κ2) is 4.60. The monoisotopic (exact) mass is 257 g/mol. The molecule has 1 fully saturated rings. The molecular weight excluding hydrogens is 242 g/mol. The molecule has 0 spiro atoms. The molecule has 0 radical (unpaired) electrons. The van der Waals surface area contributed by atoms with Crippen LogP contribution in [0.1, 0.15) is 42.6 Å². The van der Waals surface area contributed by atoms with E-state index in [2.05, 4.69) is 4.98 Å². The molecule has 5 nitrogen and oxygen atoms in total. The second-order valence-corrected chi connectivity index (χ2v) is 6.77. The Labute approximate surface area is 100 Å². The summed E-state index contributed by atoms with van der Waals surface area (Å²) in [5, 5.41) is -0.408. The normalized spacial score (nSPS) is 23.5. The number of sulfone groups is 1. The van der Waals surface area contributed by atoms with Gasteiger partial charge in [0.1, 0.15) is 12.0 Å². The highest BCUT2D eigenvalue weighted by atomic mass is 32.2. The summed E-state index contributed by atoms with van der Waals surface area (Å²) in [5.41, 5.74) is 0.258.